The number of nitrogens with zero attached hydrogens (tertiary/aromatic N) is 3. The molecule has 0 bridgehead atoms. The fourth-order valence-electron chi connectivity index (χ4n) is 2.10. The molecule has 0 radical (unpaired) electrons. The summed E-state index contributed by atoms with van der Waals surface area (Å²) in [4.78, 5) is 11.8. The molecule has 0 unspecified atom stereocenters. The van der Waals surface area contributed by atoms with Gasteiger partial charge in [-0.05, 0) is 24.4 Å². The van der Waals surface area contributed by atoms with Gasteiger partial charge in [0, 0.05) is 19.2 Å². The first-order valence-electron chi connectivity index (χ1n) is 6.15. The molecule has 20 heavy (non-hydrogen) atoms. The summed E-state index contributed by atoms with van der Waals surface area (Å²) in [5.74, 6) is 7.63. The number of nitrogens with one attached hydrogen (secondary N) is 1. The van der Waals surface area contributed by atoms with E-state index in [1.807, 2.05) is 31.5 Å². The lowest BCUT2D eigenvalue weighted by molar-refractivity contribution is 0.529. The molecular formula is C13H15N5OS. The standard InChI is InChI=1S/C13H15N5OS/c1-8-9(3-5-19-8)7-18(2)11-10-4-6-20-12(10)16-13(15-11)17-14/h3-6H,7,14H2,1-2H3,(H,15,16,17). The lowest BCUT2D eigenvalue weighted by Crippen LogP contribution is -2.20. The zero-order valence-corrected chi connectivity index (χ0v) is 12.1. The van der Waals surface area contributed by atoms with Crippen molar-refractivity contribution < 1.29 is 4.42 Å². The van der Waals surface area contributed by atoms with Crippen LogP contribution >= 0.6 is 11.3 Å². The molecule has 3 aromatic heterocycles. The average Bonchev–Trinajstić information content (AvgIpc) is 3.06. The largest absolute Gasteiger partial charge is 0.469 e. The van der Waals surface area contributed by atoms with Gasteiger partial charge in [0.05, 0.1) is 11.6 Å². The number of hydrogen-bond acceptors (Lipinski definition) is 7. The van der Waals surface area contributed by atoms with Gasteiger partial charge in [0.25, 0.3) is 0 Å². The number of aromatic nitrogens is 2. The quantitative estimate of drug-likeness (QED) is 0.567. The lowest BCUT2D eigenvalue weighted by Gasteiger charge is -2.19. The number of furan rings is 1. The Balaban J connectivity index is 2.00. The molecule has 0 aromatic carbocycles. The summed E-state index contributed by atoms with van der Waals surface area (Å²) in [5, 5.41) is 3.03. The second kappa shape index (κ2) is 5.10. The highest BCUT2D eigenvalue weighted by Gasteiger charge is 2.14. The molecule has 0 saturated carbocycles. The molecule has 0 amide bonds. The molecule has 6 nitrogen and oxygen atoms in total. The molecule has 104 valence electrons. The van der Waals surface area contributed by atoms with Crippen molar-refractivity contribution in [2.24, 2.45) is 5.84 Å². The molecule has 3 N–H and O–H groups in total. The van der Waals surface area contributed by atoms with Gasteiger partial charge in [-0.1, -0.05) is 0 Å². The van der Waals surface area contributed by atoms with Crippen LogP contribution in [0.1, 0.15) is 11.3 Å². The second-order valence-electron chi connectivity index (χ2n) is 4.51. The van der Waals surface area contributed by atoms with E-state index < -0.39 is 0 Å². The van der Waals surface area contributed by atoms with Gasteiger partial charge < -0.3 is 9.32 Å². The highest BCUT2D eigenvalue weighted by molar-refractivity contribution is 7.16. The molecule has 0 spiro atoms. The monoisotopic (exact) mass is 289 g/mol. The van der Waals surface area contributed by atoms with Crippen molar-refractivity contribution in [3.63, 3.8) is 0 Å². The molecule has 0 fully saturated rings. The Bertz CT molecular complexity index is 735. The molecule has 0 aliphatic heterocycles. The van der Waals surface area contributed by atoms with Gasteiger partial charge in [0.15, 0.2) is 0 Å². The highest BCUT2D eigenvalue weighted by atomic mass is 32.1. The smallest absolute Gasteiger partial charge is 0.240 e. The predicted molar refractivity (Wildman–Crippen MR) is 80.8 cm³/mol. The van der Waals surface area contributed by atoms with Gasteiger partial charge in [0.1, 0.15) is 16.4 Å². The third-order valence-electron chi connectivity index (χ3n) is 3.17. The molecule has 3 rings (SSSR count). The third-order valence-corrected chi connectivity index (χ3v) is 3.98. The first kappa shape index (κ1) is 12.9. The number of rotatable bonds is 4. The van der Waals surface area contributed by atoms with E-state index in [1.54, 1.807) is 17.6 Å². The Morgan fingerprint density at radius 1 is 1.40 bits per heavy atom. The lowest BCUT2D eigenvalue weighted by atomic mass is 10.2. The number of fused-ring (bicyclic) bond motifs is 1. The Hall–Kier alpha value is -2.12. The maximum Gasteiger partial charge on any atom is 0.240 e. The molecule has 3 heterocycles. The van der Waals surface area contributed by atoms with Crippen molar-refractivity contribution in [3.05, 3.63) is 35.1 Å². The van der Waals surface area contributed by atoms with Gasteiger partial charge in [-0.2, -0.15) is 4.98 Å². The van der Waals surface area contributed by atoms with E-state index in [-0.39, 0.29) is 0 Å². The summed E-state index contributed by atoms with van der Waals surface area (Å²) in [6.45, 7) is 2.67. The molecule has 0 aliphatic carbocycles. The maximum atomic E-state index is 5.43. The van der Waals surface area contributed by atoms with Gasteiger partial charge in [-0.3, -0.25) is 5.43 Å². The normalized spacial score (nSPS) is 10.9. The number of nitrogens with two attached hydrogens (primary N) is 1. The van der Waals surface area contributed by atoms with Crippen LogP contribution in [0.15, 0.2) is 28.2 Å². The van der Waals surface area contributed by atoms with E-state index in [4.69, 9.17) is 10.3 Å². The zero-order valence-electron chi connectivity index (χ0n) is 11.3. The van der Waals surface area contributed by atoms with Crippen molar-refractivity contribution in [2.45, 2.75) is 13.5 Å². The van der Waals surface area contributed by atoms with E-state index in [0.29, 0.717) is 12.5 Å². The maximum absolute atomic E-state index is 5.43. The van der Waals surface area contributed by atoms with Crippen LogP contribution in [0.2, 0.25) is 0 Å². The van der Waals surface area contributed by atoms with E-state index in [0.717, 1.165) is 27.4 Å². The Kier molecular flexibility index (Phi) is 3.29. The number of thiophene rings is 1. The predicted octanol–water partition coefficient (Wildman–Crippen LogP) is 2.51. The molecule has 3 aromatic rings. The fraction of sp³-hybridized carbons (Fsp3) is 0.231. The summed E-state index contributed by atoms with van der Waals surface area (Å²) < 4.78 is 5.33. The number of anilines is 2. The van der Waals surface area contributed by atoms with E-state index in [1.165, 1.54) is 0 Å². The Labute approximate surface area is 120 Å². The molecule has 0 atom stereocenters. The van der Waals surface area contributed by atoms with Crippen molar-refractivity contribution in [1.29, 1.82) is 0 Å². The van der Waals surface area contributed by atoms with Crippen LogP contribution in [0.3, 0.4) is 0 Å². The first-order valence-corrected chi connectivity index (χ1v) is 7.03. The number of hydrogen-bond donors (Lipinski definition) is 2. The first-order chi connectivity index (χ1) is 9.69. The van der Waals surface area contributed by atoms with E-state index >= 15 is 0 Å². The highest BCUT2D eigenvalue weighted by Crippen LogP contribution is 2.29. The summed E-state index contributed by atoms with van der Waals surface area (Å²) in [7, 11) is 1.99. The van der Waals surface area contributed by atoms with Crippen LogP contribution in [0.4, 0.5) is 11.8 Å². The average molecular weight is 289 g/mol. The Morgan fingerprint density at radius 3 is 2.95 bits per heavy atom. The van der Waals surface area contributed by atoms with Crippen molar-refractivity contribution in [3.8, 4) is 0 Å². The van der Waals surface area contributed by atoms with Gasteiger partial charge in [-0.25, -0.2) is 10.8 Å². The van der Waals surface area contributed by atoms with Crippen LogP contribution in [-0.2, 0) is 6.54 Å². The van der Waals surface area contributed by atoms with E-state index in [2.05, 4.69) is 20.3 Å². The van der Waals surface area contributed by atoms with Crippen LogP contribution in [-0.4, -0.2) is 17.0 Å². The van der Waals surface area contributed by atoms with E-state index in [9.17, 15) is 0 Å². The summed E-state index contributed by atoms with van der Waals surface area (Å²) in [5.41, 5.74) is 3.65. The minimum Gasteiger partial charge on any atom is -0.469 e. The fourth-order valence-corrected chi connectivity index (χ4v) is 2.86. The molecular weight excluding hydrogens is 274 g/mol. The van der Waals surface area contributed by atoms with Crippen molar-refractivity contribution in [1.82, 2.24) is 9.97 Å². The van der Waals surface area contributed by atoms with Gasteiger partial charge >= 0.3 is 0 Å². The van der Waals surface area contributed by atoms with Gasteiger partial charge in [0.2, 0.25) is 5.95 Å². The third kappa shape index (κ3) is 2.21. The molecule has 0 saturated heterocycles. The second-order valence-corrected chi connectivity index (χ2v) is 5.41. The number of aryl methyl sites for hydroxylation is 1. The minimum atomic E-state index is 0.422. The van der Waals surface area contributed by atoms with Crippen LogP contribution in [0.5, 0.6) is 0 Å². The van der Waals surface area contributed by atoms with Crippen molar-refractivity contribution in [2.75, 3.05) is 17.4 Å². The molecule has 7 heteroatoms. The van der Waals surface area contributed by atoms with Crippen LogP contribution in [0, 0.1) is 6.92 Å². The molecule has 0 aliphatic rings. The topological polar surface area (TPSA) is 80.2 Å². The summed E-state index contributed by atoms with van der Waals surface area (Å²) >= 11 is 1.57. The number of hydrazine groups is 1. The zero-order chi connectivity index (χ0) is 14.1. The van der Waals surface area contributed by atoms with Crippen LogP contribution < -0.4 is 16.2 Å². The van der Waals surface area contributed by atoms with Crippen molar-refractivity contribution >= 4 is 33.3 Å². The Morgan fingerprint density at radius 2 is 2.25 bits per heavy atom. The summed E-state index contributed by atoms with van der Waals surface area (Å²) in [6.07, 6.45) is 1.70. The SMILES string of the molecule is Cc1occc1CN(C)c1nc(NN)nc2sccc12. The number of nitrogen functional groups attached to an aromatic ring is 1. The summed E-state index contributed by atoms with van der Waals surface area (Å²) in [6, 6.07) is 3.99. The minimum absolute atomic E-state index is 0.422. The van der Waals surface area contributed by atoms with Gasteiger partial charge in [-0.15, -0.1) is 11.3 Å². The van der Waals surface area contributed by atoms with Crippen LogP contribution in [0.25, 0.3) is 10.2 Å².